The smallest absolute Gasteiger partial charge is 0.410 e. The number of amides is 1. The van der Waals surface area contributed by atoms with Crippen LogP contribution < -0.4 is 10.5 Å². The number of hydrogen-bond donors (Lipinski definition) is 1. The van der Waals surface area contributed by atoms with Crippen LogP contribution in [0.15, 0.2) is 54.6 Å². The lowest BCUT2D eigenvalue weighted by molar-refractivity contribution is 0.0354. The van der Waals surface area contributed by atoms with Gasteiger partial charge >= 0.3 is 6.09 Å². The molecule has 5 nitrogen and oxygen atoms in total. The van der Waals surface area contributed by atoms with Crippen LogP contribution in [0.4, 0.5) is 4.79 Å². The van der Waals surface area contributed by atoms with Gasteiger partial charge in [-0.3, -0.25) is 4.90 Å². The van der Waals surface area contributed by atoms with E-state index in [0.717, 1.165) is 25.9 Å². The molecule has 2 N–H and O–H groups in total. The first-order valence-electron chi connectivity index (χ1n) is 11.3. The summed E-state index contributed by atoms with van der Waals surface area (Å²) in [4.78, 5) is 17.0. The van der Waals surface area contributed by atoms with Gasteiger partial charge in [0.25, 0.3) is 0 Å². The fourth-order valence-electron chi connectivity index (χ4n) is 5.25. The van der Waals surface area contributed by atoms with E-state index in [-0.39, 0.29) is 17.2 Å². The highest BCUT2D eigenvalue weighted by Crippen LogP contribution is 2.46. The molecule has 2 saturated carbocycles. The average molecular weight is 406 g/mol. The largest absolute Gasteiger partial charge is 0.415 e. The van der Waals surface area contributed by atoms with Crippen LogP contribution in [0.2, 0.25) is 0 Å². The van der Waals surface area contributed by atoms with Gasteiger partial charge in [0.2, 0.25) is 0 Å². The molecule has 0 aromatic heterocycles. The zero-order chi connectivity index (χ0) is 20.6. The van der Waals surface area contributed by atoms with Gasteiger partial charge in [0, 0.05) is 37.3 Å². The van der Waals surface area contributed by atoms with E-state index < -0.39 is 0 Å². The molecule has 1 heterocycles. The summed E-state index contributed by atoms with van der Waals surface area (Å²) in [6.07, 6.45) is 6.85. The Bertz CT molecular complexity index is 878. The molecule has 158 valence electrons. The van der Waals surface area contributed by atoms with Crippen molar-refractivity contribution in [2.75, 3.05) is 26.2 Å². The van der Waals surface area contributed by atoms with Crippen LogP contribution >= 0.6 is 0 Å². The summed E-state index contributed by atoms with van der Waals surface area (Å²) < 4.78 is 5.53. The third kappa shape index (κ3) is 3.61. The summed E-state index contributed by atoms with van der Waals surface area (Å²) >= 11 is 0. The molecular weight excluding hydrogens is 374 g/mol. The fraction of sp³-hybridized carbons (Fsp3) is 0.480. The number of para-hydroxylation sites is 1. The number of benzene rings is 2. The van der Waals surface area contributed by atoms with Crippen molar-refractivity contribution in [3.63, 3.8) is 0 Å². The molecule has 2 aromatic carbocycles. The van der Waals surface area contributed by atoms with Crippen LogP contribution in [0.5, 0.6) is 5.75 Å². The maximum absolute atomic E-state index is 12.6. The minimum atomic E-state index is -0.247. The maximum Gasteiger partial charge on any atom is 0.415 e. The van der Waals surface area contributed by atoms with Crippen molar-refractivity contribution in [1.82, 2.24) is 9.80 Å². The average Bonchev–Trinajstić information content (AvgIpc) is 3.35. The Morgan fingerprint density at radius 3 is 2.00 bits per heavy atom. The molecule has 1 saturated heterocycles. The molecule has 0 bridgehead atoms. The first kappa shape index (κ1) is 19.6. The lowest BCUT2D eigenvalue weighted by atomic mass is 9.84. The summed E-state index contributed by atoms with van der Waals surface area (Å²) in [5.41, 5.74) is 9.09. The Morgan fingerprint density at radius 1 is 0.800 bits per heavy atom. The summed E-state index contributed by atoms with van der Waals surface area (Å²) in [6.45, 7) is 3.17. The van der Waals surface area contributed by atoms with E-state index in [9.17, 15) is 4.79 Å². The summed E-state index contributed by atoms with van der Waals surface area (Å²) in [5.74, 6) is 0.602. The standard InChI is InChI=1S/C25H31N3O2/c26-24(14-15-24)20-8-10-21(11-9-20)25(12-4-5-13-25)28-18-16-27(17-19-28)23(29)30-22-6-2-1-3-7-22/h1-3,6-11H,4-5,12-19,26H2. The third-order valence-corrected chi connectivity index (χ3v) is 7.31. The van der Waals surface area contributed by atoms with E-state index in [4.69, 9.17) is 10.5 Å². The second kappa shape index (κ2) is 7.71. The molecule has 30 heavy (non-hydrogen) atoms. The van der Waals surface area contributed by atoms with Crippen molar-refractivity contribution in [2.24, 2.45) is 5.73 Å². The van der Waals surface area contributed by atoms with Crippen LogP contribution in [0.1, 0.15) is 49.7 Å². The molecule has 1 amide bonds. The second-order valence-corrected chi connectivity index (χ2v) is 9.13. The number of ether oxygens (including phenoxy) is 1. The van der Waals surface area contributed by atoms with E-state index in [1.807, 2.05) is 35.2 Å². The highest BCUT2D eigenvalue weighted by atomic mass is 16.6. The highest BCUT2D eigenvalue weighted by molar-refractivity contribution is 5.70. The Labute approximate surface area is 178 Å². The summed E-state index contributed by atoms with van der Waals surface area (Å²) in [7, 11) is 0. The topological polar surface area (TPSA) is 58.8 Å². The minimum absolute atomic E-state index is 0.0773. The molecule has 3 aliphatic rings. The molecule has 0 atom stereocenters. The zero-order valence-electron chi connectivity index (χ0n) is 17.6. The summed E-state index contributed by atoms with van der Waals surface area (Å²) in [6, 6.07) is 18.4. The van der Waals surface area contributed by atoms with Gasteiger partial charge < -0.3 is 15.4 Å². The van der Waals surface area contributed by atoms with Gasteiger partial charge in [-0.05, 0) is 48.9 Å². The Hall–Kier alpha value is -2.37. The van der Waals surface area contributed by atoms with Gasteiger partial charge in [0.1, 0.15) is 5.75 Å². The Morgan fingerprint density at radius 2 is 1.40 bits per heavy atom. The van der Waals surface area contributed by atoms with E-state index in [2.05, 4.69) is 29.2 Å². The number of carbonyl (C=O) groups is 1. The van der Waals surface area contributed by atoms with Gasteiger partial charge in [-0.2, -0.15) is 0 Å². The van der Waals surface area contributed by atoms with E-state index in [1.165, 1.54) is 36.8 Å². The number of nitrogens with two attached hydrogens (primary N) is 1. The molecule has 0 unspecified atom stereocenters. The fourth-order valence-corrected chi connectivity index (χ4v) is 5.25. The first-order chi connectivity index (χ1) is 14.6. The van der Waals surface area contributed by atoms with Gasteiger partial charge in [-0.15, -0.1) is 0 Å². The molecule has 2 aliphatic carbocycles. The molecule has 0 spiro atoms. The Balaban J connectivity index is 1.27. The van der Waals surface area contributed by atoms with Gasteiger partial charge in [-0.1, -0.05) is 55.3 Å². The monoisotopic (exact) mass is 405 g/mol. The van der Waals surface area contributed by atoms with Crippen LogP contribution in [-0.4, -0.2) is 42.1 Å². The van der Waals surface area contributed by atoms with Crippen molar-refractivity contribution in [3.05, 3.63) is 65.7 Å². The predicted molar refractivity (Wildman–Crippen MR) is 117 cm³/mol. The van der Waals surface area contributed by atoms with Crippen LogP contribution in [0, 0.1) is 0 Å². The Kier molecular flexibility index (Phi) is 5.03. The molecule has 5 heteroatoms. The molecule has 1 aliphatic heterocycles. The number of hydrogen-bond acceptors (Lipinski definition) is 4. The quantitative estimate of drug-likeness (QED) is 0.827. The number of rotatable bonds is 4. The number of nitrogens with zero attached hydrogens (tertiary/aromatic N) is 2. The third-order valence-electron chi connectivity index (χ3n) is 7.31. The SMILES string of the molecule is NC1(c2ccc(C3(N4CCN(C(=O)Oc5ccccc5)CC4)CCCC3)cc2)CC1. The predicted octanol–water partition coefficient (Wildman–Crippen LogP) is 4.22. The van der Waals surface area contributed by atoms with Crippen molar-refractivity contribution in [2.45, 2.75) is 49.6 Å². The lowest BCUT2D eigenvalue weighted by Gasteiger charge is -2.46. The number of carbonyl (C=O) groups excluding carboxylic acids is 1. The second-order valence-electron chi connectivity index (χ2n) is 9.13. The minimum Gasteiger partial charge on any atom is -0.410 e. The van der Waals surface area contributed by atoms with Gasteiger partial charge in [0.15, 0.2) is 0 Å². The van der Waals surface area contributed by atoms with Gasteiger partial charge in [-0.25, -0.2) is 4.79 Å². The highest BCUT2D eigenvalue weighted by Gasteiger charge is 2.44. The van der Waals surface area contributed by atoms with Gasteiger partial charge in [0.05, 0.1) is 0 Å². The molecule has 5 rings (SSSR count). The normalized spacial score (nSPS) is 22.6. The number of piperazine rings is 1. The van der Waals surface area contributed by atoms with Crippen molar-refractivity contribution in [1.29, 1.82) is 0 Å². The van der Waals surface area contributed by atoms with E-state index >= 15 is 0 Å². The molecule has 3 fully saturated rings. The van der Waals surface area contributed by atoms with Crippen molar-refractivity contribution in [3.8, 4) is 5.75 Å². The van der Waals surface area contributed by atoms with Crippen LogP contribution in [-0.2, 0) is 11.1 Å². The van der Waals surface area contributed by atoms with Crippen molar-refractivity contribution >= 4 is 6.09 Å². The summed E-state index contributed by atoms with van der Waals surface area (Å²) in [5, 5.41) is 0. The van der Waals surface area contributed by atoms with Crippen LogP contribution in [0.3, 0.4) is 0 Å². The molecule has 2 aromatic rings. The molecule has 0 radical (unpaired) electrons. The van der Waals surface area contributed by atoms with E-state index in [0.29, 0.717) is 18.8 Å². The maximum atomic E-state index is 12.6. The van der Waals surface area contributed by atoms with E-state index in [1.54, 1.807) is 0 Å². The zero-order valence-corrected chi connectivity index (χ0v) is 17.6. The molecular formula is C25H31N3O2. The lowest BCUT2D eigenvalue weighted by Crippen LogP contribution is -2.56. The van der Waals surface area contributed by atoms with Crippen LogP contribution in [0.25, 0.3) is 0 Å². The first-order valence-corrected chi connectivity index (χ1v) is 11.3. The van der Waals surface area contributed by atoms with Crippen molar-refractivity contribution < 1.29 is 9.53 Å².